The average Bonchev–Trinajstić information content (AvgIpc) is 3.06. The smallest absolute Gasteiger partial charge is 0.317 e. The largest absolute Gasteiger partial charge is 0.481 e. The van der Waals surface area contributed by atoms with Crippen molar-refractivity contribution < 1.29 is 19.4 Å². The van der Waals surface area contributed by atoms with Crippen LogP contribution < -0.4 is 5.32 Å². The number of nitrogens with one attached hydrogen (secondary N) is 1. The van der Waals surface area contributed by atoms with Gasteiger partial charge in [0.2, 0.25) is 0 Å². The fourth-order valence-corrected chi connectivity index (χ4v) is 4.38. The van der Waals surface area contributed by atoms with E-state index < -0.39 is 5.97 Å². The molecule has 3 aliphatic rings. The second kappa shape index (κ2) is 7.51. The van der Waals surface area contributed by atoms with Gasteiger partial charge in [-0.3, -0.25) is 4.79 Å². The minimum Gasteiger partial charge on any atom is -0.481 e. The van der Waals surface area contributed by atoms with Crippen molar-refractivity contribution >= 4 is 12.0 Å². The van der Waals surface area contributed by atoms with Crippen LogP contribution in [0.4, 0.5) is 4.79 Å². The summed E-state index contributed by atoms with van der Waals surface area (Å²) in [6.07, 6.45) is 7.19. The van der Waals surface area contributed by atoms with Crippen LogP contribution in [-0.4, -0.2) is 53.8 Å². The molecule has 0 aromatic heterocycles. The maximum absolute atomic E-state index is 12.6. The number of likely N-dealkylation sites (tertiary alicyclic amines) is 1. The van der Waals surface area contributed by atoms with Gasteiger partial charge in [-0.05, 0) is 57.3 Å². The van der Waals surface area contributed by atoms with Gasteiger partial charge < -0.3 is 20.1 Å². The number of carbonyl (C=O) groups is 2. The van der Waals surface area contributed by atoms with Crippen LogP contribution in [0.2, 0.25) is 0 Å². The molecule has 2 amide bonds. The Morgan fingerprint density at radius 2 is 1.70 bits per heavy atom. The second-order valence-corrected chi connectivity index (χ2v) is 7.19. The van der Waals surface area contributed by atoms with Crippen molar-refractivity contribution in [2.24, 2.45) is 11.8 Å². The zero-order valence-corrected chi connectivity index (χ0v) is 13.7. The van der Waals surface area contributed by atoms with Crippen molar-refractivity contribution in [2.45, 2.75) is 63.5 Å². The van der Waals surface area contributed by atoms with E-state index in [-0.39, 0.29) is 18.0 Å². The summed E-state index contributed by atoms with van der Waals surface area (Å²) in [6, 6.07) is 0.543. The van der Waals surface area contributed by atoms with Crippen LogP contribution in [0.5, 0.6) is 0 Å². The van der Waals surface area contributed by atoms with Crippen LogP contribution in [0.25, 0.3) is 0 Å². The highest BCUT2D eigenvalue weighted by atomic mass is 16.5. The third kappa shape index (κ3) is 3.97. The van der Waals surface area contributed by atoms with E-state index in [4.69, 9.17) is 9.84 Å². The van der Waals surface area contributed by atoms with Gasteiger partial charge in [0.05, 0.1) is 5.92 Å². The van der Waals surface area contributed by atoms with Crippen molar-refractivity contribution in [1.82, 2.24) is 10.2 Å². The van der Waals surface area contributed by atoms with Crippen molar-refractivity contribution in [3.05, 3.63) is 0 Å². The average molecular weight is 324 g/mol. The number of amides is 2. The monoisotopic (exact) mass is 324 g/mol. The van der Waals surface area contributed by atoms with Crippen LogP contribution in [0, 0.1) is 11.8 Å². The molecule has 0 bridgehead atoms. The lowest BCUT2D eigenvalue weighted by molar-refractivity contribution is -0.142. The molecule has 0 aromatic carbocycles. The summed E-state index contributed by atoms with van der Waals surface area (Å²) >= 11 is 0. The molecular weight excluding hydrogens is 296 g/mol. The molecular formula is C17H28N2O4. The number of carbonyl (C=O) groups excluding carboxylic acids is 1. The van der Waals surface area contributed by atoms with Gasteiger partial charge in [-0.2, -0.15) is 0 Å². The molecule has 1 saturated carbocycles. The molecule has 6 heteroatoms. The summed E-state index contributed by atoms with van der Waals surface area (Å²) in [5, 5.41) is 12.2. The second-order valence-electron chi connectivity index (χ2n) is 7.19. The van der Waals surface area contributed by atoms with E-state index in [2.05, 4.69) is 5.32 Å². The SMILES string of the molecule is O=C(O)C1CCC(NC(=O)N2CCCC2C2CCOCC2)CC1. The number of hydrogen-bond donors (Lipinski definition) is 2. The van der Waals surface area contributed by atoms with Crippen LogP contribution >= 0.6 is 0 Å². The number of ether oxygens (including phenoxy) is 1. The highest BCUT2D eigenvalue weighted by molar-refractivity contribution is 5.75. The molecule has 130 valence electrons. The lowest BCUT2D eigenvalue weighted by atomic mass is 9.86. The molecule has 2 heterocycles. The Labute approximate surface area is 137 Å². The number of carboxylic acid groups (broad SMARTS) is 1. The summed E-state index contributed by atoms with van der Waals surface area (Å²) in [5.74, 6) is -0.362. The third-order valence-electron chi connectivity index (χ3n) is 5.77. The van der Waals surface area contributed by atoms with E-state index in [1.165, 1.54) is 0 Å². The van der Waals surface area contributed by atoms with Gasteiger partial charge in [0, 0.05) is 31.8 Å². The van der Waals surface area contributed by atoms with Crippen LogP contribution in [-0.2, 0) is 9.53 Å². The van der Waals surface area contributed by atoms with Crippen molar-refractivity contribution in [2.75, 3.05) is 19.8 Å². The van der Waals surface area contributed by atoms with Gasteiger partial charge in [-0.1, -0.05) is 0 Å². The molecule has 1 unspecified atom stereocenters. The number of aliphatic carboxylic acids is 1. The third-order valence-corrected chi connectivity index (χ3v) is 5.77. The Morgan fingerprint density at radius 3 is 2.35 bits per heavy atom. The minimum atomic E-state index is -0.700. The molecule has 0 radical (unpaired) electrons. The Bertz CT molecular complexity index is 428. The number of rotatable bonds is 3. The molecule has 1 aliphatic carbocycles. The molecule has 1 atom stereocenters. The predicted molar refractivity (Wildman–Crippen MR) is 85.2 cm³/mol. The summed E-state index contributed by atoms with van der Waals surface area (Å²) < 4.78 is 5.44. The molecule has 3 rings (SSSR count). The quantitative estimate of drug-likeness (QED) is 0.834. The first-order valence-corrected chi connectivity index (χ1v) is 9.03. The first-order chi connectivity index (χ1) is 11.1. The number of urea groups is 1. The van der Waals surface area contributed by atoms with Gasteiger partial charge >= 0.3 is 12.0 Å². The lowest BCUT2D eigenvalue weighted by Gasteiger charge is -2.35. The van der Waals surface area contributed by atoms with Crippen LogP contribution in [0.15, 0.2) is 0 Å². The Balaban J connectivity index is 1.50. The van der Waals surface area contributed by atoms with E-state index in [9.17, 15) is 9.59 Å². The fourth-order valence-electron chi connectivity index (χ4n) is 4.38. The van der Waals surface area contributed by atoms with Gasteiger partial charge in [0.25, 0.3) is 0 Å². The fraction of sp³-hybridized carbons (Fsp3) is 0.882. The molecule has 2 aliphatic heterocycles. The summed E-state index contributed by atoms with van der Waals surface area (Å²) in [4.78, 5) is 25.7. The zero-order valence-electron chi connectivity index (χ0n) is 13.7. The van der Waals surface area contributed by atoms with Crippen molar-refractivity contribution in [3.8, 4) is 0 Å². The number of hydrogen-bond acceptors (Lipinski definition) is 3. The number of carboxylic acids is 1. The highest BCUT2D eigenvalue weighted by Crippen LogP contribution is 2.31. The van der Waals surface area contributed by atoms with Gasteiger partial charge in [-0.15, -0.1) is 0 Å². The topological polar surface area (TPSA) is 78.9 Å². The Hall–Kier alpha value is -1.30. The maximum Gasteiger partial charge on any atom is 0.317 e. The van der Waals surface area contributed by atoms with E-state index in [1.54, 1.807) is 0 Å². The van der Waals surface area contributed by atoms with Gasteiger partial charge in [0.15, 0.2) is 0 Å². The highest BCUT2D eigenvalue weighted by Gasteiger charge is 2.36. The van der Waals surface area contributed by atoms with Gasteiger partial charge in [-0.25, -0.2) is 4.79 Å². The normalized spacial score (nSPS) is 32.7. The standard InChI is InChI=1S/C17H28N2O4/c20-16(21)13-3-5-14(6-4-13)18-17(22)19-9-1-2-15(19)12-7-10-23-11-8-12/h12-15H,1-11H2,(H,18,22)(H,20,21). The van der Waals surface area contributed by atoms with Crippen molar-refractivity contribution in [3.63, 3.8) is 0 Å². The first-order valence-electron chi connectivity index (χ1n) is 9.03. The molecule has 3 fully saturated rings. The van der Waals surface area contributed by atoms with Crippen LogP contribution in [0.1, 0.15) is 51.4 Å². The van der Waals surface area contributed by atoms with E-state index in [0.29, 0.717) is 24.8 Å². The zero-order chi connectivity index (χ0) is 16.2. The number of nitrogens with zero attached hydrogens (tertiary/aromatic N) is 1. The van der Waals surface area contributed by atoms with E-state index >= 15 is 0 Å². The molecule has 23 heavy (non-hydrogen) atoms. The Morgan fingerprint density at radius 1 is 1.00 bits per heavy atom. The summed E-state index contributed by atoms with van der Waals surface area (Å²) in [7, 11) is 0. The molecule has 2 N–H and O–H groups in total. The first kappa shape index (κ1) is 16.6. The maximum atomic E-state index is 12.6. The molecule has 2 saturated heterocycles. The van der Waals surface area contributed by atoms with Crippen molar-refractivity contribution in [1.29, 1.82) is 0 Å². The minimum absolute atomic E-state index is 0.0535. The van der Waals surface area contributed by atoms with Gasteiger partial charge in [0.1, 0.15) is 0 Å². The summed E-state index contributed by atoms with van der Waals surface area (Å²) in [6.45, 7) is 2.48. The summed E-state index contributed by atoms with van der Waals surface area (Å²) in [5.41, 5.74) is 0. The Kier molecular flexibility index (Phi) is 5.41. The van der Waals surface area contributed by atoms with Crippen LogP contribution in [0.3, 0.4) is 0 Å². The molecule has 6 nitrogen and oxygen atoms in total. The predicted octanol–water partition coefficient (Wildman–Crippen LogP) is 2.23. The lowest BCUT2D eigenvalue weighted by Crippen LogP contribution is -2.50. The van der Waals surface area contributed by atoms with E-state index in [0.717, 1.165) is 58.3 Å². The van der Waals surface area contributed by atoms with E-state index in [1.807, 2.05) is 4.90 Å². The molecule has 0 spiro atoms. The molecule has 0 aromatic rings.